The molecule has 0 saturated carbocycles. The van der Waals surface area contributed by atoms with Gasteiger partial charge >= 0.3 is 0 Å². The van der Waals surface area contributed by atoms with Crippen LogP contribution in [-0.2, 0) is 0 Å². The van der Waals surface area contributed by atoms with Crippen LogP contribution < -0.4 is 5.32 Å². The van der Waals surface area contributed by atoms with Gasteiger partial charge in [-0.05, 0) is 34.6 Å². The second-order valence-electron chi connectivity index (χ2n) is 4.30. The number of rotatable bonds is 3. The van der Waals surface area contributed by atoms with Crippen LogP contribution in [0.5, 0.6) is 5.75 Å². The summed E-state index contributed by atoms with van der Waals surface area (Å²) in [4.78, 5) is 12.2. The Bertz CT molecular complexity index is 769. The van der Waals surface area contributed by atoms with Gasteiger partial charge in [-0.3, -0.25) is 4.79 Å². The van der Waals surface area contributed by atoms with Crippen LogP contribution in [0.4, 0.5) is 5.69 Å². The number of phenols is 1. The molecule has 1 amide bonds. The third-order valence-corrected chi connectivity index (χ3v) is 2.89. The molecule has 0 atom stereocenters. The summed E-state index contributed by atoms with van der Waals surface area (Å²) in [5.74, 6) is -0.456. The van der Waals surface area contributed by atoms with Crippen molar-refractivity contribution < 1.29 is 14.5 Å². The zero-order valence-electron chi connectivity index (χ0n) is 10.9. The van der Waals surface area contributed by atoms with Crippen LogP contribution in [0.3, 0.4) is 0 Å². The van der Waals surface area contributed by atoms with Gasteiger partial charge in [0, 0.05) is 11.3 Å². The Kier molecular flexibility index (Phi) is 3.34. The number of nitrogens with zero attached hydrogens (tertiary/aromatic N) is 2. The van der Waals surface area contributed by atoms with Crippen LogP contribution in [0.1, 0.15) is 10.5 Å². The molecule has 0 radical (unpaired) electrons. The molecule has 2 N–H and O–H groups in total. The number of para-hydroxylation sites is 2. The lowest BCUT2D eigenvalue weighted by Crippen LogP contribution is -2.13. The Hall–Kier alpha value is -3.15. The number of hydrogen-bond donors (Lipinski definition) is 2. The second-order valence-corrected chi connectivity index (χ2v) is 4.30. The summed E-state index contributed by atoms with van der Waals surface area (Å²) in [5.41, 5.74) is 1.23. The molecule has 0 fully saturated rings. The molecule has 3 aromatic rings. The Labute approximate surface area is 120 Å². The van der Waals surface area contributed by atoms with Gasteiger partial charge in [0.15, 0.2) is 5.69 Å². The fraction of sp³-hybridized carbons (Fsp3) is 0. The SMILES string of the molecule is O=C(Nc1ccccc1)c1nonc1-c1ccccc1O. The summed E-state index contributed by atoms with van der Waals surface area (Å²) in [6.07, 6.45) is 0. The van der Waals surface area contributed by atoms with Crippen LogP contribution in [-0.4, -0.2) is 21.3 Å². The van der Waals surface area contributed by atoms with Crippen molar-refractivity contribution in [1.82, 2.24) is 10.3 Å². The molecule has 3 rings (SSSR count). The van der Waals surface area contributed by atoms with Gasteiger partial charge in [-0.15, -0.1) is 0 Å². The van der Waals surface area contributed by atoms with Crippen LogP contribution in [0.15, 0.2) is 59.2 Å². The summed E-state index contributed by atoms with van der Waals surface area (Å²) in [7, 11) is 0. The lowest BCUT2D eigenvalue weighted by Gasteiger charge is -2.04. The summed E-state index contributed by atoms with van der Waals surface area (Å²) in [5, 5.41) is 19.9. The van der Waals surface area contributed by atoms with E-state index in [1.165, 1.54) is 6.07 Å². The third kappa shape index (κ3) is 2.59. The van der Waals surface area contributed by atoms with Gasteiger partial charge in [-0.25, -0.2) is 4.63 Å². The normalized spacial score (nSPS) is 10.3. The molecule has 0 saturated heterocycles. The van der Waals surface area contributed by atoms with E-state index >= 15 is 0 Å². The van der Waals surface area contributed by atoms with E-state index in [0.29, 0.717) is 11.3 Å². The van der Waals surface area contributed by atoms with Gasteiger partial charge in [0.05, 0.1) is 0 Å². The van der Waals surface area contributed by atoms with Crippen molar-refractivity contribution in [3.05, 3.63) is 60.3 Å². The highest BCUT2D eigenvalue weighted by Crippen LogP contribution is 2.29. The maximum absolute atomic E-state index is 12.2. The van der Waals surface area contributed by atoms with Gasteiger partial charge in [-0.1, -0.05) is 30.3 Å². The van der Waals surface area contributed by atoms with E-state index in [0.717, 1.165) is 0 Å². The summed E-state index contributed by atoms with van der Waals surface area (Å²) in [6, 6.07) is 15.5. The number of anilines is 1. The monoisotopic (exact) mass is 281 g/mol. The molecule has 1 aromatic heterocycles. The van der Waals surface area contributed by atoms with E-state index in [2.05, 4.69) is 20.3 Å². The fourth-order valence-corrected chi connectivity index (χ4v) is 1.90. The first-order valence-corrected chi connectivity index (χ1v) is 6.23. The second kappa shape index (κ2) is 5.46. The molecule has 0 aliphatic rings. The van der Waals surface area contributed by atoms with E-state index < -0.39 is 5.91 Å². The Balaban J connectivity index is 1.93. The number of aromatic nitrogens is 2. The van der Waals surface area contributed by atoms with Crippen molar-refractivity contribution in [3.8, 4) is 17.0 Å². The quantitative estimate of drug-likeness (QED) is 0.770. The molecule has 0 aliphatic carbocycles. The van der Waals surface area contributed by atoms with Crippen molar-refractivity contribution in [3.63, 3.8) is 0 Å². The van der Waals surface area contributed by atoms with E-state index in [4.69, 9.17) is 0 Å². The number of nitrogens with one attached hydrogen (secondary N) is 1. The van der Waals surface area contributed by atoms with Crippen LogP contribution in [0, 0.1) is 0 Å². The van der Waals surface area contributed by atoms with Crippen LogP contribution >= 0.6 is 0 Å². The average molecular weight is 281 g/mol. The number of benzene rings is 2. The summed E-state index contributed by atoms with van der Waals surface area (Å²) < 4.78 is 4.64. The Morgan fingerprint density at radius 1 is 1.00 bits per heavy atom. The highest BCUT2D eigenvalue weighted by molar-refractivity contribution is 6.06. The molecule has 6 heteroatoms. The maximum atomic E-state index is 12.2. The number of hydrogen-bond acceptors (Lipinski definition) is 5. The molecule has 21 heavy (non-hydrogen) atoms. The highest BCUT2D eigenvalue weighted by atomic mass is 16.6. The molecule has 0 aliphatic heterocycles. The lowest BCUT2D eigenvalue weighted by molar-refractivity contribution is 0.101. The number of carbonyl (C=O) groups is 1. The topological polar surface area (TPSA) is 88.3 Å². The van der Waals surface area contributed by atoms with Gasteiger partial charge in [0.25, 0.3) is 5.91 Å². The number of amides is 1. The van der Waals surface area contributed by atoms with E-state index in [9.17, 15) is 9.90 Å². The first-order chi connectivity index (χ1) is 10.3. The lowest BCUT2D eigenvalue weighted by atomic mass is 10.1. The largest absolute Gasteiger partial charge is 0.507 e. The van der Waals surface area contributed by atoms with Gasteiger partial charge in [-0.2, -0.15) is 0 Å². The minimum atomic E-state index is -0.458. The van der Waals surface area contributed by atoms with Gasteiger partial charge in [0.1, 0.15) is 5.75 Å². The van der Waals surface area contributed by atoms with Crippen LogP contribution in [0.25, 0.3) is 11.3 Å². The Morgan fingerprint density at radius 2 is 1.71 bits per heavy atom. The molecule has 0 bridgehead atoms. The zero-order chi connectivity index (χ0) is 14.7. The van der Waals surface area contributed by atoms with Crippen molar-refractivity contribution in [1.29, 1.82) is 0 Å². The van der Waals surface area contributed by atoms with Crippen molar-refractivity contribution in [2.24, 2.45) is 0 Å². The fourth-order valence-electron chi connectivity index (χ4n) is 1.90. The summed E-state index contributed by atoms with van der Waals surface area (Å²) in [6.45, 7) is 0. The van der Waals surface area contributed by atoms with E-state index in [1.807, 2.05) is 6.07 Å². The molecular formula is C15H11N3O3. The summed E-state index contributed by atoms with van der Waals surface area (Å²) >= 11 is 0. The van der Waals surface area contributed by atoms with Crippen LogP contribution in [0.2, 0.25) is 0 Å². The molecular weight excluding hydrogens is 270 g/mol. The van der Waals surface area contributed by atoms with Gasteiger partial charge in [0.2, 0.25) is 5.69 Å². The van der Waals surface area contributed by atoms with Crippen molar-refractivity contribution in [2.45, 2.75) is 0 Å². The van der Waals surface area contributed by atoms with Gasteiger partial charge < -0.3 is 10.4 Å². The number of phenolic OH excluding ortho intramolecular Hbond substituents is 1. The molecule has 0 spiro atoms. The zero-order valence-corrected chi connectivity index (χ0v) is 10.9. The Morgan fingerprint density at radius 3 is 2.48 bits per heavy atom. The molecule has 6 nitrogen and oxygen atoms in total. The number of aromatic hydroxyl groups is 1. The molecule has 1 heterocycles. The van der Waals surface area contributed by atoms with E-state index in [1.54, 1.807) is 42.5 Å². The van der Waals surface area contributed by atoms with E-state index in [-0.39, 0.29) is 17.1 Å². The maximum Gasteiger partial charge on any atom is 0.280 e. The van der Waals surface area contributed by atoms with Crippen molar-refractivity contribution in [2.75, 3.05) is 5.32 Å². The third-order valence-electron chi connectivity index (χ3n) is 2.89. The minimum absolute atomic E-state index is 0.00182. The molecule has 2 aromatic carbocycles. The first kappa shape index (κ1) is 12.9. The molecule has 0 unspecified atom stereocenters. The standard InChI is InChI=1S/C15H11N3O3/c19-12-9-5-4-8-11(12)13-14(18-21-17-13)15(20)16-10-6-2-1-3-7-10/h1-9,19H,(H,16,20). The predicted molar refractivity (Wildman–Crippen MR) is 75.8 cm³/mol. The minimum Gasteiger partial charge on any atom is -0.507 e. The highest BCUT2D eigenvalue weighted by Gasteiger charge is 2.21. The number of carbonyl (C=O) groups excluding carboxylic acids is 1. The smallest absolute Gasteiger partial charge is 0.280 e. The average Bonchev–Trinajstić information content (AvgIpc) is 2.98. The van der Waals surface area contributed by atoms with Crippen molar-refractivity contribution >= 4 is 11.6 Å². The molecule has 104 valence electrons. The first-order valence-electron chi connectivity index (χ1n) is 6.23. The predicted octanol–water partition coefficient (Wildman–Crippen LogP) is 2.69.